The van der Waals surface area contributed by atoms with Crippen molar-refractivity contribution in [3.05, 3.63) is 59.7 Å². The molecule has 0 bridgehead atoms. The van der Waals surface area contributed by atoms with Crippen LogP contribution in [0.15, 0.2) is 48.5 Å². The number of fused-ring (bicyclic) bond motifs is 3. The van der Waals surface area contributed by atoms with Crippen LogP contribution in [0.5, 0.6) is 0 Å². The van der Waals surface area contributed by atoms with Gasteiger partial charge >= 0.3 is 18.2 Å². The zero-order valence-corrected chi connectivity index (χ0v) is 18.7. The predicted octanol–water partition coefficient (Wildman–Crippen LogP) is 4.22. The van der Waals surface area contributed by atoms with E-state index in [0.717, 1.165) is 22.3 Å². The van der Waals surface area contributed by atoms with Crippen molar-refractivity contribution in [2.24, 2.45) is 5.92 Å². The van der Waals surface area contributed by atoms with Crippen molar-refractivity contribution in [2.75, 3.05) is 6.61 Å². The minimum atomic E-state index is -4.74. The number of benzene rings is 2. The van der Waals surface area contributed by atoms with Gasteiger partial charge in [-0.3, -0.25) is 9.59 Å². The van der Waals surface area contributed by atoms with Crippen molar-refractivity contribution in [1.29, 1.82) is 0 Å². The average molecular weight is 490 g/mol. The van der Waals surface area contributed by atoms with Gasteiger partial charge in [0.15, 0.2) is 0 Å². The fraction of sp³-hybridized carbons (Fsp3) is 0.400. The van der Waals surface area contributed by atoms with E-state index in [1.807, 2.05) is 53.8 Å². The fourth-order valence-corrected chi connectivity index (χ4v) is 4.93. The Morgan fingerprint density at radius 1 is 1.00 bits per heavy atom. The van der Waals surface area contributed by atoms with Crippen LogP contribution in [0.25, 0.3) is 11.1 Å². The van der Waals surface area contributed by atoms with Gasteiger partial charge in [-0.05, 0) is 35.1 Å². The van der Waals surface area contributed by atoms with Crippen LogP contribution in [0.3, 0.4) is 0 Å². The van der Waals surface area contributed by atoms with Crippen LogP contribution in [-0.2, 0) is 14.3 Å². The first-order chi connectivity index (χ1) is 16.6. The molecular weight excluding hydrogens is 465 g/mol. The molecule has 0 heterocycles. The summed E-state index contributed by atoms with van der Waals surface area (Å²) in [7, 11) is 0. The summed E-state index contributed by atoms with van der Waals surface area (Å²) in [6.45, 7) is -0.121. The molecule has 3 atom stereocenters. The van der Waals surface area contributed by atoms with Gasteiger partial charge in [-0.1, -0.05) is 55.0 Å². The van der Waals surface area contributed by atoms with E-state index < -0.39 is 48.6 Å². The van der Waals surface area contributed by atoms with E-state index in [-0.39, 0.29) is 12.5 Å². The lowest BCUT2D eigenvalue weighted by Crippen LogP contribution is -2.52. The van der Waals surface area contributed by atoms with Crippen LogP contribution in [0.2, 0.25) is 0 Å². The van der Waals surface area contributed by atoms with Crippen LogP contribution < -0.4 is 10.6 Å². The lowest BCUT2D eigenvalue weighted by Gasteiger charge is -2.24. The summed E-state index contributed by atoms with van der Waals surface area (Å²) in [5.74, 6) is -3.38. The van der Waals surface area contributed by atoms with Crippen molar-refractivity contribution in [3.8, 4) is 11.1 Å². The second-order valence-corrected chi connectivity index (χ2v) is 8.83. The monoisotopic (exact) mass is 490 g/mol. The molecule has 0 spiro atoms. The Hall–Kier alpha value is -3.56. The van der Waals surface area contributed by atoms with Gasteiger partial charge in [0, 0.05) is 12.0 Å². The molecule has 1 saturated carbocycles. The Bertz CT molecular complexity index is 1070. The minimum absolute atomic E-state index is 0.121. The summed E-state index contributed by atoms with van der Waals surface area (Å²) >= 11 is 0. The van der Waals surface area contributed by atoms with Gasteiger partial charge in [0.05, 0.1) is 12.3 Å². The number of hydrogen-bond donors (Lipinski definition) is 3. The quantitative estimate of drug-likeness (QED) is 0.539. The van der Waals surface area contributed by atoms with E-state index in [1.54, 1.807) is 0 Å². The Balaban J connectivity index is 1.42. The largest absolute Gasteiger partial charge is 0.481 e. The molecule has 0 aliphatic heterocycles. The molecule has 0 radical (unpaired) electrons. The third-order valence-electron chi connectivity index (χ3n) is 6.55. The van der Waals surface area contributed by atoms with Crippen molar-refractivity contribution in [2.45, 2.75) is 49.9 Å². The van der Waals surface area contributed by atoms with Gasteiger partial charge in [0.25, 0.3) is 0 Å². The number of carboxylic acids is 1. The first-order valence-corrected chi connectivity index (χ1v) is 11.4. The number of ether oxygens (including phenoxy) is 1. The third kappa shape index (κ3) is 5.58. The van der Waals surface area contributed by atoms with Crippen LogP contribution in [0.1, 0.15) is 42.7 Å². The summed E-state index contributed by atoms with van der Waals surface area (Å²) < 4.78 is 44.7. The highest BCUT2D eigenvalue weighted by Gasteiger charge is 2.40. The number of carbonyl (C=O) groups excluding carboxylic acids is 2. The Morgan fingerprint density at radius 2 is 1.60 bits per heavy atom. The third-order valence-corrected chi connectivity index (χ3v) is 6.55. The summed E-state index contributed by atoms with van der Waals surface area (Å²) in [6, 6.07) is 12.5. The first-order valence-electron chi connectivity index (χ1n) is 11.4. The highest BCUT2D eigenvalue weighted by Crippen LogP contribution is 2.44. The number of alkyl halides is 3. The highest BCUT2D eigenvalue weighted by atomic mass is 19.4. The zero-order valence-electron chi connectivity index (χ0n) is 18.7. The van der Waals surface area contributed by atoms with E-state index >= 15 is 0 Å². The molecule has 0 aromatic heterocycles. The molecule has 2 aliphatic rings. The van der Waals surface area contributed by atoms with E-state index in [9.17, 15) is 32.7 Å². The summed E-state index contributed by atoms with van der Waals surface area (Å²) in [4.78, 5) is 36.4. The van der Waals surface area contributed by atoms with Crippen molar-refractivity contribution >= 4 is 18.0 Å². The molecule has 7 nitrogen and oxygen atoms in total. The zero-order chi connectivity index (χ0) is 25.2. The number of rotatable bonds is 7. The standard InChI is InChI=1S/C25H25F3N2O5/c26-25(27,28)12-21(22(31)29-20-11-5-10-18(20)23(32)33)30-24(34)35-13-19-16-8-3-1-6-14(16)15-7-2-4-9-17(15)19/h1-4,6-9,18-21H,5,10-13H2,(H,29,31)(H,30,34)(H,32,33)/t18-,20+,21?/m1/s1. The molecule has 3 N–H and O–H groups in total. The first kappa shape index (κ1) is 24.6. The molecule has 2 aromatic rings. The molecule has 2 aromatic carbocycles. The predicted molar refractivity (Wildman–Crippen MR) is 120 cm³/mol. The second kappa shape index (κ2) is 9.97. The maximum absolute atomic E-state index is 13.1. The molecule has 0 saturated heterocycles. The van der Waals surface area contributed by atoms with Gasteiger partial charge < -0.3 is 20.5 Å². The number of aliphatic carboxylic acids is 1. The Kier molecular flexibility index (Phi) is 7.00. The average Bonchev–Trinajstić information content (AvgIpc) is 3.39. The Morgan fingerprint density at radius 3 is 2.17 bits per heavy atom. The molecule has 1 fully saturated rings. The maximum atomic E-state index is 13.1. The lowest BCUT2D eigenvalue weighted by atomic mass is 9.98. The number of carboxylic acid groups (broad SMARTS) is 1. The fourth-order valence-electron chi connectivity index (χ4n) is 4.93. The normalized spacial score (nSPS) is 20.0. The van der Waals surface area contributed by atoms with Crippen molar-refractivity contribution in [3.63, 3.8) is 0 Å². The van der Waals surface area contributed by atoms with E-state index in [2.05, 4.69) is 5.32 Å². The molecule has 186 valence electrons. The van der Waals surface area contributed by atoms with Gasteiger partial charge in [-0.15, -0.1) is 0 Å². The minimum Gasteiger partial charge on any atom is -0.481 e. The highest BCUT2D eigenvalue weighted by molar-refractivity contribution is 5.86. The molecule has 1 unspecified atom stereocenters. The molecule has 2 aliphatic carbocycles. The van der Waals surface area contributed by atoms with E-state index in [1.165, 1.54) is 0 Å². The van der Waals surface area contributed by atoms with Crippen LogP contribution in [0, 0.1) is 5.92 Å². The van der Waals surface area contributed by atoms with Gasteiger partial charge in [-0.2, -0.15) is 13.2 Å². The number of nitrogens with one attached hydrogen (secondary N) is 2. The summed E-state index contributed by atoms with van der Waals surface area (Å²) in [6.07, 6.45) is -6.30. The number of carbonyl (C=O) groups is 3. The van der Waals surface area contributed by atoms with Gasteiger partial charge in [-0.25, -0.2) is 4.79 Å². The number of amides is 2. The maximum Gasteiger partial charge on any atom is 0.407 e. The second-order valence-electron chi connectivity index (χ2n) is 8.83. The summed E-state index contributed by atoms with van der Waals surface area (Å²) in [5, 5.41) is 13.7. The van der Waals surface area contributed by atoms with Crippen LogP contribution >= 0.6 is 0 Å². The number of hydrogen-bond acceptors (Lipinski definition) is 4. The topological polar surface area (TPSA) is 105 Å². The molecule has 4 rings (SSSR count). The molecule has 2 amide bonds. The molecule has 10 heteroatoms. The molecular formula is C25H25F3N2O5. The van der Waals surface area contributed by atoms with Gasteiger partial charge in [0.2, 0.25) is 5.91 Å². The van der Waals surface area contributed by atoms with Crippen LogP contribution in [0.4, 0.5) is 18.0 Å². The van der Waals surface area contributed by atoms with Gasteiger partial charge in [0.1, 0.15) is 12.6 Å². The lowest BCUT2D eigenvalue weighted by molar-refractivity contribution is -0.150. The molecule has 35 heavy (non-hydrogen) atoms. The van der Waals surface area contributed by atoms with E-state index in [4.69, 9.17) is 4.74 Å². The van der Waals surface area contributed by atoms with Crippen molar-refractivity contribution in [1.82, 2.24) is 10.6 Å². The number of alkyl carbamates (subject to hydrolysis) is 1. The van der Waals surface area contributed by atoms with Crippen molar-refractivity contribution < 1.29 is 37.4 Å². The smallest absolute Gasteiger partial charge is 0.407 e. The SMILES string of the molecule is O=C(NC(CC(F)(F)F)C(=O)N[C@H]1CCC[C@H]1C(=O)O)OCC1c2ccccc2-c2ccccc21. The van der Waals surface area contributed by atoms with E-state index in [0.29, 0.717) is 19.3 Å². The van der Waals surface area contributed by atoms with Crippen LogP contribution in [-0.4, -0.2) is 47.9 Å². The number of halogens is 3. The Labute approximate surface area is 199 Å². The summed E-state index contributed by atoms with van der Waals surface area (Å²) in [5.41, 5.74) is 3.87.